The van der Waals surface area contributed by atoms with Crippen molar-refractivity contribution >= 4 is 28.3 Å². The second-order valence-electron chi connectivity index (χ2n) is 6.65. The summed E-state index contributed by atoms with van der Waals surface area (Å²) in [5.41, 5.74) is 2.98. The third-order valence-electron chi connectivity index (χ3n) is 4.73. The van der Waals surface area contributed by atoms with Crippen molar-refractivity contribution in [1.29, 1.82) is 0 Å². The van der Waals surface area contributed by atoms with Gasteiger partial charge in [-0.25, -0.2) is 4.98 Å². The molecule has 0 spiro atoms. The molecule has 0 unspecified atom stereocenters. The van der Waals surface area contributed by atoms with Crippen LogP contribution in [0.15, 0.2) is 59.0 Å². The molecule has 0 radical (unpaired) electrons. The van der Waals surface area contributed by atoms with Crippen molar-refractivity contribution in [3.05, 3.63) is 81.2 Å². The number of pyridine rings is 3. The van der Waals surface area contributed by atoms with Gasteiger partial charge < -0.3 is 9.88 Å². The van der Waals surface area contributed by atoms with Crippen molar-refractivity contribution < 1.29 is 4.79 Å². The Morgan fingerprint density at radius 2 is 2.07 bits per heavy atom. The number of aromatic nitrogens is 3. The second kappa shape index (κ2) is 7.97. The summed E-state index contributed by atoms with van der Waals surface area (Å²) in [5, 5.41) is 5.32. The Kier molecular flexibility index (Phi) is 5.22. The molecule has 1 amide bonds. The van der Waals surface area contributed by atoms with Gasteiger partial charge in [0.1, 0.15) is 11.2 Å². The summed E-state index contributed by atoms with van der Waals surface area (Å²) in [5.74, 6) is -0.402. The molecule has 146 valence electrons. The lowest BCUT2D eigenvalue weighted by Gasteiger charge is -2.12. The summed E-state index contributed by atoms with van der Waals surface area (Å²) >= 11 is 1.60. The Bertz CT molecular complexity index is 1250. The van der Waals surface area contributed by atoms with Crippen LogP contribution in [0.1, 0.15) is 28.5 Å². The van der Waals surface area contributed by atoms with Crippen molar-refractivity contribution in [3.63, 3.8) is 0 Å². The molecule has 0 saturated carbocycles. The molecule has 4 aromatic rings. The maximum atomic E-state index is 12.9. The lowest BCUT2D eigenvalue weighted by Crippen LogP contribution is -2.30. The van der Waals surface area contributed by atoms with Gasteiger partial charge in [-0.15, -0.1) is 11.3 Å². The number of hydrogen-bond donors (Lipinski definition) is 1. The van der Waals surface area contributed by atoms with Crippen LogP contribution < -0.4 is 10.7 Å². The zero-order valence-electron chi connectivity index (χ0n) is 16.2. The van der Waals surface area contributed by atoms with Crippen molar-refractivity contribution in [3.8, 4) is 10.6 Å². The fourth-order valence-electron chi connectivity index (χ4n) is 3.25. The van der Waals surface area contributed by atoms with E-state index in [0.29, 0.717) is 17.6 Å². The number of carbonyl (C=O) groups is 1. The molecule has 0 bridgehead atoms. The average molecular weight is 404 g/mol. The van der Waals surface area contributed by atoms with Gasteiger partial charge in [0.05, 0.1) is 16.0 Å². The van der Waals surface area contributed by atoms with Crippen LogP contribution in [0.3, 0.4) is 0 Å². The maximum Gasteiger partial charge on any atom is 0.257 e. The van der Waals surface area contributed by atoms with Crippen molar-refractivity contribution in [2.45, 2.75) is 26.9 Å². The van der Waals surface area contributed by atoms with E-state index in [4.69, 9.17) is 0 Å². The van der Waals surface area contributed by atoms with E-state index in [1.54, 1.807) is 35.9 Å². The van der Waals surface area contributed by atoms with E-state index in [0.717, 1.165) is 21.8 Å². The normalized spacial score (nSPS) is 11.0. The number of aryl methyl sites for hydroxylation is 2. The number of hydrogen-bond acceptors (Lipinski definition) is 5. The number of rotatable bonds is 5. The van der Waals surface area contributed by atoms with Crippen LogP contribution in [0.2, 0.25) is 0 Å². The Balaban J connectivity index is 1.65. The first kappa shape index (κ1) is 19.0. The van der Waals surface area contributed by atoms with Gasteiger partial charge in [0.25, 0.3) is 5.91 Å². The molecular weight excluding hydrogens is 384 g/mol. The number of amides is 1. The molecule has 7 heteroatoms. The number of nitrogens with zero attached hydrogens (tertiary/aromatic N) is 3. The van der Waals surface area contributed by atoms with E-state index in [-0.39, 0.29) is 17.5 Å². The molecule has 0 aromatic carbocycles. The average Bonchev–Trinajstić information content (AvgIpc) is 3.27. The Morgan fingerprint density at radius 3 is 2.83 bits per heavy atom. The summed E-state index contributed by atoms with van der Waals surface area (Å²) < 4.78 is 1.83. The quantitative estimate of drug-likeness (QED) is 0.549. The standard InChI is InChI=1S/C22H20N4O2S/c1-3-26-13-17(20(27)16-9-8-14(2)25-21(16)26)22(28)24-12-15-6-4-10-23-19(15)18-7-5-11-29-18/h4-11,13H,3,12H2,1-2H3,(H,24,28). The molecule has 0 aliphatic heterocycles. The van der Waals surface area contributed by atoms with Crippen LogP contribution in [0.4, 0.5) is 0 Å². The van der Waals surface area contributed by atoms with Crippen molar-refractivity contribution in [2.24, 2.45) is 0 Å². The summed E-state index contributed by atoms with van der Waals surface area (Å²) in [6.45, 7) is 4.73. The highest BCUT2D eigenvalue weighted by Gasteiger charge is 2.17. The number of nitrogens with one attached hydrogen (secondary N) is 1. The van der Waals surface area contributed by atoms with Crippen molar-refractivity contribution in [2.75, 3.05) is 0 Å². The van der Waals surface area contributed by atoms with Gasteiger partial charge in [0.2, 0.25) is 5.43 Å². The zero-order valence-corrected chi connectivity index (χ0v) is 17.0. The van der Waals surface area contributed by atoms with Crippen LogP contribution in [-0.2, 0) is 13.1 Å². The number of fused-ring (bicyclic) bond motifs is 1. The molecule has 0 fully saturated rings. The highest BCUT2D eigenvalue weighted by atomic mass is 32.1. The molecule has 29 heavy (non-hydrogen) atoms. The van der Waals surface area contributed by atoms with E-state index in [1.807, 2.05) is 48.1 Å². The molecule has 4 rings (SSSR count). The van der Waals surface area contributed by atoms with E-state index in [1.165, 1.54) is 0 Å². The van der Waals surface area contributed by atoms with E-state index in [2.05, 4.69) is 15.3 Å². The minimum absolute atomic E-state index is 0.117. The number of thiophene rings is 1. The zero-order chi connectivity index (χ0) is 20.4. The summed E-state index contributed by atoms with van der Waals surface area (Å²) in [6, 6.07) is 11.3. The lowest BCUT2D eigenvalue weighted by atomic mass is 10.1. The minimum Gasteiger partial charge on any atom is -0.348 e. The van der Waals surface area contributed by atoms with Gasteiger partial charge in [-0.1, -0.05) is 12.1 Å². The molecule has 1 N–H and O–H groups in total. The summed E-state index contributed by atoms with van der Waals surface area (Å²) in [6.07, 6.45) is 3.33. The molecule has 0 saturated heterocycles. The molecule has 0 atom stereocenters. The Hall–Kier alpha value is -3.32. The van der Waals surface area contributed by atoms with Gasteiger partial charge in [-0.05, 0) is 49.1 Å². The molecule has 0 aliphatic carbocycles. The highest BCUT2D eigenvalue weighted by Crippen LogP contribution is 2.25. The van der Waals surface area contributed by atoms with E-state index in [9.17, 15) is 9.59 Å². The topological polar surface area (TPSA) is 76.9 Å². The first-order valence-corrected chi connectivity index (χ1v) is 10.2. The van der Waals surface area contributed by atoms with Gasteiger partial charge >= 0.3 is 0 Å². The third kappa shape index (κ3) is 3.69. The lowest BCUT2D eigenvalue weighted by molar-refractivity contribution is 0.0949. The highest BCUT2D eigenvalue weighted by molar-refractivity contribution is 7.13. The van der Waals surface area contributed by atoms with Crippen LogP contribution in [0.5, 0.6) is 0 Å². The van der Waals surface area contributed by atoms with Crippen LogP contribution >= 0.6 is 11.3 Å². The third-order valence-corrected chi connectivity index (χ3v) is 5.61. The summed E-state index contributed by atoms with van der Waals surface area (Å²) in [4.78, 5) is 35.7. The van der Waals surface area contributed by atoms with Crippen LogP contribution in [-0.4, -0.2) is 20.4 Å². The van der Waals surface area contributed by atoms with E-state index >= 15 is 0 Å². The monoisotopic (exact) mass is 404 g/mol. The fourth-order valence-corrected chi connectivity index (χ4v) is 4.01. The maximum absolute atomic E-state index is 12.9. The van der Waals surface area contributed by atoms with Gasteiger partial charge in [-0.3, -0.25) is 14.6 Å². The first-order chi connectivity index (χ1) is 14.1. The molecule has 4 heterocycles. The molecule has 0 aliphatic rings. The Morgan fingerprint density at radius 1 is 1.21 bits per heavy atom. The molecule has 4 aromatic heterocycles. The molecule has 6 nitrogen and oxygen atoms in total. The number of carbonyl (C=O) groups excluding carboxylic acids is 1. The van der Waals surface area contributed by atoms with Gasteiger partial charge in [0.15, 0.2) is 0 Å². The first-order valence-electron chi connectivity index (χ1n) is 9.35. The van der Waals surface area contributed by atoms with E-state index < -0.39 is 5.91 Å². The van der Waals surface area contributed by atoms with Crippen molar-refractivity contribution in [1.82, 2.24) is 19.9 Å². The summed E-state index contributed by atoms with van der Waals surface area (Å²) in [7, 11) is 0. The second-order valence-corrected chi connectivity index (χ2v) is 7.60. The predicted molar refractivity (Wildman–Crippen MR) is 115 cm³/mol. The minimum atomic E-state index is -0.402. The van der Waals surface area contributed by atoms with Crippen LogP contribution in [0.25, 0.3) is 21.6 Å². The fraction of sp³-hybridized carbons (Fsp3) is 0.182. The van der Waals surface area contributed by atoms with Crippen LogP contribution in [0, 0.1) is 6.92 Å². The smallest absolute Gasteiger partial charge is 0.257 e. The van der Waals surface area contributed by atoms with Gasteiger partial charge in [0, 0.05) is 31.2 Å². The largest absolute Gasteiger partial charge is 0.348 e. The predicted octanol–water partition coefficient (Wildman–Crippen LogP) is 3.78. The van der Waals surface area contributed by atoms with Gasteiger partial charge in [-0.2, -0.15) is 0 Å². The SMILES string of the molecule is CCn1cc(C(=O)NCc2cccnc2-c2cccs2)c(=O)c2ccc(C)nc21. The molecular formula is C22H20N4O2S. The Labute approximate surface area is 171 Å².